The van der Waals surface area contributed by atoms with E-state index in [9.17, 15) is 26.4 Å². The van der Waals surface area contributed by atoms with Gasteiger partial charge in [0, 0.05) is 131 Å². The number of carbonyl (C=O) groups excluding carboxylic acids is 2. The first-order chi connectivity index (χ1) is 60.4. The molecule has 14 aromatic heterocycles. The van der Waals surface area contributed by atoms with Crippen LogP contribution in [0.1, 0.15) is 63.2 Å². The van der Waals surface area contributed by atoms with Gasteiger partial charge in [-0.05, 0) is 111 Å². The first-order valence-electron chi connectivity index (χ1n) is 39.1. The van der Waals surface area contributed by atoms with Crippen LogP contribution in [0.3, 0.4) is 0 Å². The number of anilines is 4. The summed E-state index contributed by atoms with van der Waals surface area (Å²) in [5.74, 6) is 3.70. The highest BCUT2D eigenvalue weighted by molar-refractivity contribution is 7.88. The second-order valence-corrected chi connectivity index (χ2v) is 42.9. The van der Waals surface area contributed by atoms with Crippen LogP contribution in [0, 0.1) is 13.8 Å². The van der Waals surface area contributed by atoms with Crippen molar-refractivity contribution in [3.05, 3.63) is 149 Å². The van der Waals surface area contributed by atoms with Crippen LogP contribution in [0.5, 0.6) is 5.75 Å². The van der Waals surface area contributed by atoms with E-state index in [4.69, 9.17) is 61.8 Å². The lowest BCUT2D eigenvalue weighted by atomic mass is 10.0. The third-order valence-corrected chi connectivity index (χ3v) is 34.5. The van der Waals surface area contributed by atoms with Crippen molar-refractivity contribution in [2.75, 3.05) is 108 Å². The van der Waals surface area contributed by atoms with Crippen LogP contribution in [0.4, 0.5) is 22.7 Å². The third kappa shape index (κ3) is 21.7. The molecule has 16 aromatic rings. The zero-order chi connectivity index (χ0) is 88.7. The molecule has 40 heteroatoms. The molecule has 0 bridgehead atoms. The molecule has 28 nitrogen and oxygen atoms in total. The number of nitrogen functional groups attached to an aromatic ring is 4. The lowest BCUT2D eigenvalue weighted by Crippen LogP contribution is -2.23. The number of thiophene rings is 4. The Morgan fingerprint density at radius 1 is 0.456 bits per heavy atom. The summed E-state index contributed by atoms with van der Waals surface area (Å²) in [6.45, 7) is 9.34. The van der Waals surface area contributed by atoms with E-state index in [1.807, 2.05) is 146 Å². The van der Waals surface area contributed by atoms with Crippen molar-refractivity contribution >= 4 is 209 Å². The number of nitrogens with zero attached hydrogens (tertiary/aromatic N) is 13. The molecular weight excluding hydrogens is 1820 g/mol. The van der Waals surface area contributed by atoms with Crippen molar-refractivity contribution in [3.63, 3.8) is 0 Å². The van der Waals surface area contributed by atoms with Crippen LogP contribution in [0.15, 0.2) is 148 Å². The maximum absolute atomic E-state index is 13.0. The molecule has 4 unspecified atom stereocenters. The number of fused-ring (bicyclic) bond motifs is 4. The summed E-state index contributed by atoms with van der Waals surface area (Å²) in [7, 11) is 7.37. The predicted octanol–water partition coefficient (Wildman–Crippen LogP) is 17.6. The first kappa shape index (κ1) is 92.9. The summed E-state index contributed by atoms with van der Waals surface area (Å²) >= 11 is 11.6. The maximum atomic E-state index is 13.0. The third-order valence-electron chi connectivity index (χ3n) is 19.5. The lowest BCUT2D eigenvalue weighted by Gasteiger charge is -2.11. The number of hydrogen-bond acceptors (Lipinski definition) is 34. The first-order valence-corrected chi connectivity index (χ1v) is 51.2. The van der Waals surface area contributed by atoms with E-state index in [0.29, 0.717) is 88.0 Å². The zero-order valence-electron chi connectivity index (χ0n) is 70.1. The van der Waals surface area contributed by atoms with Crippen LogP contribution >= 0.6 is 90.7 Å². The normalized spacial score (nSPS) is 12.4. The Morgan fingerprint density at radius 2 is 0.808 bits per heavy atom. The molecule has 2 aromatic carbocycles. The highest BCUT2D eigenvalue weighted by Gasteiger charge is 2.28. The minimum atomic E-state index is -1.24. The van der Waals surface area contributed by atoms with Gasteiger partial charge in [0.2, 0.25) is 0 Å². The van der Waals surface area contributed by atoms with Crippen LogP contribution in [-0.4, -0.2) is 177 Å². The van der Waals surface area contributed by atoms with E-state index in [1.165, 1.54) is 97.8 Å². The summed E-state index contributed by atoms with van der Waals surface area (Å²) in [6.07, 6.45) is 15.1. The van der Waals surface area contributed by atoms with Crippen LogP contribution in [0.2, 0.25) is 0 Å². The van der Waals surface area contributed by atoms with Gasteiger partial charge in [0.15, 0.2) is 6.61 Å². The van der Waals surface area contributed by atoms with Gasteiger partial charge in [-0.15, -0.1) is 90.7 Å². The highest BCUT2D eigenvalue weighted by atomic mass is 32.2. The van der Waals surface area contributed by atoms with Crippen molar-refractivity contribution < 1.29 is 50.1 Å². The highest BCUT2D eigenvalue weighted by Crippen LogP contribution is 2.48. The van der Waals surface area contributed by atoms with Gasteiger partial charge in [-0.2, -0.15) is 0 Å². The van der Waals surface area contributed by atoms with Gasteiger partial charge in [0.25, 0.3) is 0 Å². The summed E-state index contributed by atoms with van der Waals surface area (Å²) < 4.78 is 83.7. The van der Waals surface area contributed by atoms with Gasteiger partial charge < -0.3 is 55.8 Å². The molecule has 8 N–H and O–H groups in total. The van der Waals surface area contributed by atoms with Crippen molar-refractivity contribution in [3.8, 4) is 93.3 Å². The number of benzene rings is 2. The number of nitrogens with two attached hydrogens (primary N) is 4. The van der Waals surface area contributed by atoms with Crippen LogP contribution < -0.4 is 27.7 Å². The van der Waals surface area contributed by atoms with Gasteiger partial charge in [0.05, 0.1) is 116 Å². The molecule has 0 fully saturated rings. The van der Waals surface area contributed by atoms with Crippen molar-refractivity contribution in [1.82, 2.24) is 63.9 Å². The maximum Gasteiger partial charge on any atom is 0.343 e. The quantitative estimate of drug-likeness (QED) is 0.0225. The van der Waals surface area contributed by atoms with E-state index in [-0.39, 0.29) is 25.7 Å². The largest absolute Gasteiger partial charge is 0.482 e. The fraction of sp³-hybridized carbons (Fsp3) is 0.294. The summed E-state index contributed by atoms with van der Waals surface area (Å²) in [5, 5.41) is 14.2. The minimum Gasteiger partial charge on any atom is -0.482 e. The summed E-state index contributed by atoms with van der Waals surface area (Å²) in [6, 6.07) is 23.2. The number of aryl methyl sites for hydroxylation is 2. The molecular formula is C85H91N17O11S12. The molecule has 0 aliphatic rings. The number of carbonyl (C=O) groups is 2. The van der Waals surface area contributed by atoms with Crippen LogP contribution in [-0.2, 0) is 92.4 Å². The Balaban J connectivity index is 0.000000144. The molecule has 16 rings (SSSR count). The molecule has 0 saturated carbocycles. The SMILES string of the molecule is CCCCS(=O)c1sc2nc(-c3nccs3)cc(-c3ccc(COC(=O)CN(C)C)cc3)c2c1N.CCCCS(=O)c1sc2nc(-c3nccs3)cc(-c3ccc(OCC(=O)OC)cc3)c2c1N.COCCCS(=O)c1sc2nc(-c3nccs3)cc(-c3cnc(C)n3C)c2c1N.COCCS(=O)c1sc2nc(-c3nccs3)cc(-c3cnc(C)n3C)c2c1N. The van der Waals surface area contributed by atoms with E-state index in [2.05, 4.69) is 48.5 Å². The Morgan fingerprint density at radius 3 is 1.14 bits per heavy atom. The van der Waals surface area contributed by atoms with Gasteiger partial charge in [-0.1, -0.05) is 63.1 Å². The van der Waals surface area contributed by atoms with Crippen molar-refractivity contribution in [2.24, 2.45) is 14.1 Å². The smallest absolute Gasteiger partial charge is 0.343 e. The molecule has 0 amide bonds. The Kier molecular flexibility index (Phi) is 32.1. The standard InChI is InChI=1S/C25H28N4O3S3.C23H23N3O4S3.C19H21N5O2S3.C18H19N5O2S3/c1-4-5-12-35(31)25-22(26)21-18(13-19(28-24(21)34-25)23-27-10-11-33-23)17-8-6-16(7-9-17)15-32-20(30)14-29(2)3;1-3-4-11-33(28)23-20(24)19-16(12-17(26-22(19)32-23)21-25-9-10-31-21)14-5-7-15(8-6-14)30-13-18(27)29-2;1-11-22-10-14(24(11)2)12-9-13(17-21-5-7-27-17)23-18-15(12)16(20)19(28-18)29(25)8-4-6-26-3;1-10-21-9-13(23(10)2)11-8-12(16-20-4-6-26-16)22-17-14(11)15(19)18(27-17)28(24)7-5-25-3/h6-11,13H,4-5,12,14-15,26H2,1-3H3;5-10,12H,3-4,11,13,24H2,1-2H3;5,7,9-10H,4,6,8,20H2,1-3H3;4,6,8-9H,5,7,19H2,1-3H3. The monoisotopic (exact) mass is 1910 g/mol. The number of likely N-dealkylation sites (N-methyl/N-ethyl adjacent to an activating group) is 1. The Labute approximate surface area is 763 Å². The molecule has 4 atom stereocenters. The lowest BCUT2D eigenvalue weighted by molar-refractivity contribution is -0.145. The fourth-order valence-electron chi connectivity index (χ4n) is 12.9. The number of pyridine rings is 4. The van der Waals surface area contributed by atoms with E-state index >= 15 is 0 Å². The van der Waals surface area contributed by atoms with E-state index in [1.54, 1.807) is 56.0 Å². The Bertz CT molecular complexity index is 6520. The minimum absolute atomic E-state index is 0.159. The fourth-order valence-corrected chi connectivity index (χ4v) is 26.0. The molecule has 0 aliphatic heterocycles. The van der Waals surface area contributed by atoms with E-state index in [0.717, 1.165) is 171 Å². The molecule has 0 aliphatic carbocycles. The average molecular weight is 1910 g/mol. The zero-order valence-corrected chi connectivity index (χ0v) is 79.9. The predicted molar refractivity (Wildman–Crippen MR) is 514 cm³/mol. The number of hydrogen-bond donors (Lipinski definition) is 4. The van der Waals surface area contributed by atoms with E-state index < -0.39 is 49.2 Å². The number of thiazole rings is 4. The van der Waals surface area contributed by atoms with Crippen molar-refractivity contribution in [1.29, 1.82) is 0 Å². The Hall–Kier alpha value is -9.76. The number of imidazole rings is 2. The molecule has 14 heterocycles. The topological polar surface area (TPSA) is 395 Å². The number of rotatable bonds is 32. The second kappa shape index (κ2) is 43.2. The number of ether oxygens (including phenoxy) is 5. The number of esters is 2. The summed E-state index contributed by atoms with van der Waals surface area (Å²) in [5.41, 5.74) is 39.5. The van der Waals surface area contributed by atoms with Crippen molar-refractivity contribution in [2.45, 2.75) is 83.2 Å². The van der Waals surface area contributed by atoms with Gasteiger partial charge in [-0.3, -0.25) is 26.5 Å². The second-order valence-electron chi connectivity index (χ2n) is 28.2. The summed E-state index contributed by atoms with van der Waals surface area (Å²) in [4.78, 5) is 73.6. The molecule has 0 spiro atoms. The molecule has 125 heavy (non-hydrogen) atoms. The number of methoxy groups -OCH3 is 3. The van der Waals surface area contributed by atoms with Gasteiger partial charge >= 0.3 is 11.9 Å². The number of aromatic nitrogens is 12. The molecule has 654 valence electrons. The molecule has 0 saturated heterocycles. The molecule has 0 radical (unpaired) electrons. The number of unbranched alkanes of at least 4 members (excludes halogenated alkanes) is 2. The average Bonchev–Trinajstić information content (AvgIpc) is 1.61. The van der Waals surface area contributed by atoms with Gasteiger partial charge in [0.1, 0.15) is 103 Å². The van der Waals surface area contributed by atoms with Crippen LogP contribution in [0.25, 0.3) is 128 Å². The van der Waals surface area contributed by atoms with Gasteiger partial charge in [-0.25, -0.2) is 54.6 Å².